The van der Waals surface area contributed by atoms with Crippen molar-refractivity contribution in [2.75, 3.05) is 39.8 Å². The number of ether oxygens (including phenoxy) is 4. The number of nitro groups is 1. The number of nitro benzene ring substituents is 1. The fourth-order valence-electron chi connectivity index (χ4n) is 5.13. The van der Waals surface area contributed by atoms with E-state index in [4.69, 9.17) is 24.5 Å². The molecule has 0 heterocycles. The summed E-state index contributed by atoms with van der Waals surface area (Å²) >= 11 is 0. The van der Waals surface area contributed by atoms with Crippen molar-refractivity contribution in [2.45, 2.75) is 44.9 Å². The fraction of sp³-hybridized carbons (Fsp3) is 0.316. The zero-order valence-electron chi connectivity index (χ0n) is 30.9. The molecule has 1 atom stereocenters. The van der Waals surface area contributed by atoms with E-state index in [9.17, 15) is 19.7 Å². The zero-order chi connectivity index (χ0) is 39.6. The van der Waals surface area contributed by atoms with E-state index >= 15 is 0 Å². The summed E-state index contributed by atoms with van der Waals surface area (Å²) in [6, 6.07) is 23.1. The molecule has 0 saturated heterocycles. The molecule has 1 unspecified atom stereocenters. The van der Waals surface area contributed by atoms with Gasteiger partial charge in [0, 0.05) is 61.3 Å². The van der Waals surface area contributed by atoms with Crippen LogP contribution in [0.25, 0.3) is 10.4 Å². The van der Waals surface area contributed by atoms with Crippen molar-refractivity contribution in [2.24, 2.45) is 25.6 Å². The van der Waals surface area contributed by atoms with Gasteiger partial charge in [-0.25, -0.2) is 4.79 Å². The maximum absolute atomic E-state index is 12.6. The van der Waals surface area contributed by atoms with E-state index in [1.165, 1.54) is 45.6 Å². The SMILES string of the molecule is COC(=O)c1ccc(COC(CCCCC(=O)CCN(C)c2ccc(N=Nc3cc(OC)c(N=Nc4ccc([N+](=O)[O-])cc4)cc3OC)cc2)N=[N+]=[N-])cc1. The van der Waals surface area contributed by atoms with Gasteiger partial charge in [0.25, 0.3) is 5.69 Å². The van der Waals surface area contributed by atoms with Gasteiger partial charge in [0.2, 0.25) is 0 Å². The summed E-state index contributed by atoms with van der Waals surface area (Å²) in [6.45, 7) is 0.742. The van der Waals surface area contributed by atoms with Crippen LogP contribution in [0.3, 0.4) is 0 Å². The molecular weight excluding hydrogens is 710 g/mol. The number of methoxy groups -OCH3 is 3. The van der Waals surface area contributed by atoms with Crippen molar-refractivity contribution in [1.82, 2.24) is 0 Å². The van der Waals surface area contributed by atoms with Crippen LogP contribution in [0.15, 0.2) is 111 Å². The minimum absolute atomic E-state index is 0.0476. The van der Waals surface area contributed by atoms with Crippen LogP contribution < -0.4 is 14.4 Å². The first kappa shape index (κ1) is 41.1. The van der Waals surface area contributed by atoms with Crippen molar-refractivity contribution in [1.29, 1.82) is 0 Å². The first-order valence-electron chi connectivity index (χ1n) is 17.1. The molecule has 0 aliphatic heterocycles. The van der Waals surface area contributed by atoms with E-state index < -0.39 is 17.1 Å². The van der Waals surface area contributed by atoms with Gasteiger partial charge >= 0.3 is 5.97 Å². The van der Waals surface area contributed by atoms with Crippen LogP contribution >= 0.6 is 0 Å². The number of carbonyl (C=O) groups is 2. The Morgan fingerprint density at radius 2 is 1.40 bits per heavy atom. The Morgan fingerprint density at radius 1 is 0.818 bits per heavy atom. The molecule has 0 spiro atoms. The van der Waals surface area contributed by atoms with E-state index in [2.05, 4.69) is 30.5 Å². The summed E-state index contributed by atoms with van der Waals surface area (Å²) in [5.41, 5.74) is 12.8. The van der Waals surface area contributed by atoms with Gasteiger partial charge in [0.1, 0.15) is 34.9 Å². The third-order valence-corrected chi connectivity index (χ3v) is 8.26. The van der Waals surface area contributed by atoms with Crippen molar-refractivity contribution in [3.8, 4) is 11.5 Å². The Balaban J connectivity index is 1.23. The Bertz CT molecular complexity index is 2020. The minimum Gasteiger partial charge on any atom is -0.494 e. The molecular formula is C38H41N9O8. The third-order valence-electron chi connectivity index (χ3n) is 8.26. The number of Topliss-reactive ketones (excluding diaryl/α,β-unsaturated/α-hetero) is 1. The highest BCUT2D eigenvalue weighted by Crippen LogP contribution is 2.41. The van der Waals surface area contributed by atoms with E-state index in [0.717, 1.165) is 11.3 Å². The van der Waals surface area contributed by atoms with Crippen molar-refractivity contribution >= 4 is 45.9 Å². The highest BCUT2D eigenvalue weighted by Gasteiger charge is 2.13. The number of azo groups is 2. The molecule has 0 aromatic heterocycles. The fourth-order valence-corrected chi connectivity index (χ4v) is 5.13. The molecule has 0 aliphatic carbocycles. The van der Waals surface area contributed by atoms with Crippen molar-refractivity contribution in [3.05, 3.63) is 117 Å². The molecule has 0 aliphatic rings. The van der Waals surface area contributed by atoms with E-state index in [-0.39, 0.29) is 18.1 Å². The number of nitrogens with zero attached hydrogens (tertiary/aromatic N) is 9. The van der Waals surface area contributed by atoms with Gasteiger partial charge in [0.05, 0.1) is 49.8 Å². The number of non-ortho nitro benzene ring substituents is 1. The summed E-state index contributed by atoms with van der Waals surface area (Å²) < 4.78 is 21.4. The average molecular weight is 752 g/mol. The molecule has 55 heavy (non-hydrogen) atoms. The predicted octanol–water partition coefficient (Wildman–Crippen LogP) is 10.0. The molecule has 4 rings (SSSR count). The molecule has 0 N–H and O–H groups in total. The lowest BCUT2D eigenvalue weighted by molar-refractivity contribution is -0.384. The van der Waals surface area contributed by atoms with Crippen LogP contribution in [0, 0.1) is 10.1 Å². The molecule has 4 aromatic rings. The van der Waals surface area contributed by atoms with Gasteiger partial charge in [-0.15, -0.1) is 10.2 Å². The third kappa shape index (κ3) is 12.7. The highest BCUT2D eigenvalue weighted by molar-refractivity contribution is 5.89. The van der Waals surface area contributed by atoms with E-state index in [1.54, 1.807) is 36.4 Å². The minimum atomic E-state index is -0.667. The second-order valence-electron chi connectivity index (χ2n) is 12.0. The molecule has 0 bridgehead atoms. The predicted molar refractivity (Wildman–Crippen MR) is 204 cm³/mol. The van der Waals surface area contributed by atoms with Crippen LogP contribution in [0.5, 0.6) is 11.5 Å². The first-order chi connectivity index (χ1) is 26.6. The van der Waals surface area contributed by atoms with Crippen LogP contribution in [0.1, 0.15) is 48.0 Å². The number of hydrogen-bond acceptors (Lipinski definition) is 14. The number of esters is 1. The molecule has 0 fully saturated rings. The average Bonchev–Trinajstić information content (AvgIpc) is 3.21. The van der Waals surface area contributed by atoms with Crippen LogP contribution in [-0.2, 0) is 20.9 Å². The number of unbranched alkanes of at least 4 members (excludes halogenated alkanes) is 1. The van der Waals surface area contributed by atoms with Crippen LogP contribution in [0.2, 0.25) is 0 Å². The van der Waals surface area contributed by atoms with Crippen LogP contribution in [0.4, 0.5) is 34.1 Å². The Kier molecular flexibility index (Phi) is 15.8. The molecule has 17 heteroatoms. The summed E-state index contributed by atoms with van der Waals surface area (Å²) in [6.07, 6.45) is 1.89. The van der Waals surface area contributed by atoms with Crippen LogP contribution in [-0.4, -0.2) is 57.8 Å². The number of anilines is 1. The van der Waals surface area contributed by atoms with Crippen molar-refractivity contribution in [3.63, 3.8) is 0 Å². The number of azide groups is 1. The zero-order valence-corrected chi connectivity index (χ0v) is 30.9. The summed E-state index contributed by atoms with van der Waals surface area (Å²) in [4.78, 5) is 39.5. The lowest BCUT2D eigenvalue weighted by Crippen LogP contribution is -2.21. The largest absolute Gasteiger partial charge is 0.494 e. The summed E-state index contributed by atoms with van der Waals surface area (Å²) in [5, 5.41) is 31.7. The topological polar surface area (TPSA) is 216 Å². The first-order valence-corrected chi connectivity index (χ1v) is 17.1. The number of carbonyl (C=O) groups excluding carboxylic acids is 2. The van der Waals surface area contributed by atoms with Gasteiger partial charge in [-0.1, -0.05) is 23.7 Å². The van der Waals surface area contributed by atoms with Gasteiger partial charge < -0.3 is 23.8 Å². The summed E-state index contributed by atoms with van der Waals surface area (Å²) in [7, 11) is 6.20. The van der Waals surface area contributed by atoms with Gasteiger partial charge in [-0.05, 0) is 72.5 Å². The van der Waals surface area contributed by atoms with Gasteiger partial charge in [0.15, 0.2) is 0 Å². The van der Waals surface area contributed by atoms with E-state index in [0.29, 0.717) is 78.5 Å². The standard InChI is InChI=1S/C38H41N9O8/c1-46(22-21-32(48)7-5-6-8-37(44-45-39)55-25-26-9-11-27(12-10-26)38(49)54-4)30-17-13-28(14-18-30)40-42-33-23-36(53-3)34(24-35(33)52-2)43-41-29-15-19-31(20-16-29)47(50)51/h9-20,23-24,37H,5-8,21-22,25H2,1-4H3. The van der Waals surface area contributed by atoms with Crippen molar-refractivity contribution < 1.29 is 33.5 Å². The molecule has 286 valence electrons. The Hall–Kier alpha value is -6.71. The number of ketones is 1. The van der Waals surface area contributed by atoms with Gasteiger partial charge in [-0.2, -0.15) is 10.2 Å². The number of hydrogen-bond donors (Lipinski definition) is 0. The quantitative estimate of drug-likeness (QED) is 0.0150. The number of benzene rings is 4. The maximum Gasteiger partial charge on any atom is 0.337 e. The normalized spacial score (nSPS) is 11.6. The number of rotatable bonds is 21. The van der Waals surface area contributed by atoms with Gasteiger partial charge in [-0.3, -0.25) is 14.9 Å². The Labute approximate surface area is 317 Å². The monoisotopic (exact) mass is 751 g/mol. The lowest BCUT2D eigenvalue weighted by Gasteiger charge is -2.19. The molecule has 0 radical (unpaired) electrons. The molecule has 17 nitrogen and oxygen atoms in total. The second-order valence-corrected chi connectivity index (χ2v) is 12.0. The molecule has 0 saturated carbocycles. The smallest absolute Gasteiger partial charge is 0.337 e. The summed E-state index contributed by atoms with van der Waals surface area (Å²) in [5.74, 6) is 0.461. The Morgan fingerprint density at radius 3 is 1.93 bits per heavy atom. The molecule has 4 aromatic carbocycles. The lowest BCUT2D eigenvalue weighted by atomic mass is 10.1. The van der Waals surface area contributed by atoms with E-state index in [1.807, 2.05) is 36.2 Å². The maximum atomic E-state index is 12.6. The highest BCUT2D eigenvalue weighted by atomic mass is 16.6. The second kappa shape index (κ2) is 21.1. The molecule has 0 amide bonds.